The minimum absolute atomic E-state index is 0.121. The van der Waals surface area contributed by atoms with Gasteiger partial charge in [-0.25, -0.2) is 4.79 Å². The molecule has 1 aliphatic rings. The molecule has 0 aliphatic carbocycles. The summed E-state index contributed by atoms with van der Waals surface area (Å²) in [6.45, 7) is 11.7. The number of thiophene rings is 1. The van der Waals surface area contributed by atoms with Crippen molar-refractivity contribution < 1.29 is 14.3 Å². The molecule has 0 aromatic carbocycles. The van der Waals surface area contributed by atoms with E-state index in [1.165, 1.54) is 11.3 Å². The van der Waals surface area contributed by atoms with Gasteiger partial charge in [0.2, 0.25) is 5.91 Å². The zero-order valence-electron chi connectivity index (χ0n) is 16.4. The quantitative estimate of drug-likeness (QED) is 0.621. The summed E-state index contributed by atoms with van der Waals surface area (Å²) in [5.74, 6) is 0.408. The molecule has 150 valence electrons. The third-order valence-corrected chi connectivity index (χ3v) is 5.62. The van der Waals surface area contributed by atoms with Gasteiger partial charge in [0.05, 0.1) is 10.9 Å². The van der Waals surface area contributed by atoms with Crippen molar-refractivity contribution >= 4 is 34.9 Å². The van der Waals surface area contributed by atoms with E-state index in [0.717, 1.165) is 22.1 Å². The molecule has 1 fully saturated rings. The van der Waals surface area contributed by atoms with E-state index >= 15 is 0 Å². The second kappa shape index (κ2) is 9.60. The van der Waals surface area contributed by atoms with E-state index in [4.69, 9.17) is 16.3 Å². The number of carbonyl (C=O) groups is 2. The van der Waals surface area contributed by atoms with Gasteiger partial charge in [-0.05, 0) is 51.7 Å². The fourth-order valence-corrected chi connectivity index (χ4v) is 4.16. The van der Waals surface area contributed by atoms with Gasteiger partial charge in [-0.3, -0.25) is 4.79 Å². The van der Waals surface area contributed by atoms with Gasteiger partial charge in [0.15, 0.2) is 0 Å². The zero-order chi connectivity index (χ0) is 20.0. The Morgan fingerprint density at radius 2 is 2.04 bits per heavy atom. The second-order valence-electron chi connectivity index (χ2n) is 7.88. The zero-order valence-corrected chi connectivity index (χ0v) is 17.9. The number of hydrogen-bond acceptors (Lipinski definition) is 4. The van der Waals surface area contributed by atoms with E-state index in [9.17, 15) is 9.59 Å². The summed E-state index contributed by atoms with van der Waals surface area (Å²) in [7, 11) is 0. The molecule has 2 rings (SSSR count). The van der Waals surface area contributed by atoms with Gasteiger partial charge in [-0.1, -0.05) is 17.7 Å². The number of piperidine rings is 1. The van der Waals surface area contributed by atoms with Crippen LogP contribution >= 0.6 is 22.9 Å². The molecule has 27 heavy (non-hydrogen) atoms. The Kier molecular flexibility index (Phi) is 7.74. The van der Waals surface area contributed by atoms with Crippen LogP contribution in [0.25, 0.3) is 0 Å². The molecule has 7 heteroatoms. The minimum Gasteiger partial charge on any atom is -0.444 e. The first-order valence-electron chi connectivity index (χ1n) is 9.28. The molecule has 1 aliphatic heterocycles. The molecule has 1 aromatic rings. The molecule has 0 radical (unpaired) electrons. The molecular formula is C20H29ClN2O3S. The third kappa shape index (κ3) is 7.18. The first-order chi connectivity index (χ1) is 12.7. The first kappa shape index (κ1) is 21.8. The fraction of sp³-hybridized carbons (Fsp3) is 0.600. The maximum atomic E-state index is 12.8. The lowest BCUT2D eigenvalue weighted by Gasteiger charge is -2.34. The topological polar surface area (TPSA) is 49.9 Å². The Hall–Kier alpha value is -1.53. The summed E-state index contributed by atoms with van der Waals surface area (Å²) >= 11 is 7.48. The number of halogens is 1. The van der Waals surface area contributed by atoms with Crippen LogP contribution in [-0.4, -0.2) is 47.0 Å². The predicted molar refractivity (Wildman–Crippen MR) is 110 cm³/mol. The van der Waals surface area contributed by atoms with E-state index in [-0.39, 0.29) is 17.9 Å². The van der Waals surface area contributed by atoms with Gasteiger partial charge in [0.25, 0.3) is 0 Å². The van der Waals surface area contributed by atoms with Crippen molar-refractivity contribution in [2.75, 3.05) is 19.6 Å². The highest BCUT2D eigenvalue weighted by atomic mass is 35.5. The van der Waals surface area contributed by atoms with Crippen molar-refractivity contribution in [3.63, 3.8) is 0 Å². The second-order valence-corrected chi connectivity index (χ2v) is 9.68. The molecule has 0 N–H and O–H groups in total. The van der Waals surface area contributed by atoms with E-state index in [1.54, 1.807) is 11.0 Å². The normalized spacial score (nSPS) is 15.5. The average molecular weight is 413 g/mol. The number of carbonyl (C=O) groups excluding carboxylic acids is 2. The van der Waals surface area contributed by atoms with Crippen LogP contribution in [0.5, 0.6) is 0 Å². The highest BCUT2D eigenvalue weighted by Crippen LogP contribution is 2.25. The van der Waals surface area contributed by atoms with Crippen molar-refractivity contribution in [2.24, 2.45) is 5.92 Å². The number of hydrogen-bond donors (Lipinski definition) is 0. The van der Waals surface area contributed by atoms with Gasteiger partial charge < -0.3 is 14.5 Å². The largest absolute Gasteiger partial charge is 0.444 e. The summed E-state index contributed by atoms with van der Waals surface area (Å²) in [5, 5.41) is 0. The van der Waals surface area contributed by atoms with Crippen LogP contribution in [0.1, 0.15) is 44.9 Å². The van der Waals surface area contributed by atoms with Crippen LogP contribution in [0.2, 0.25) is 4.34 Å². The number of amides is 2. The standard InChI is InChI=1S/C20H29ClN2O3S/c1-5-10-23(14-16-6-7-17(21)27-16)18(24)13-15-8-11-22(12-9-15)19(25)26-20(2,3)4/h5-7,15H,1,8-14H2,2-4H3. The van der Waals surface area contributed by atoms with E-state index in [2.05, 4.69) is 6.58 Å². The lowest BCUT2D eigenvalue weighted by atomic mass is 9.93. The minimum atomic E-state index is -0.486. The van der Waals surface area contributed by atoms with Crippen LogP contribution in [0.15, 0.2) is 24.8 Å². The summed E-state index contributed by atoms with van der Waals surface area (Å²) < 4.78 is 6.15. The molecule has 0 unspecified atom stereocenters. The highest BCUT2D eigenvalue weighted by Gasteiger charge is 2.28. The molecule has 0 atom stereocenters. The monoisotopic (exact) mass is 412 g/mol. The smallest absolute Gasteiger partial charge is 0.410 e. The van der Waals surface area contributed by atoms with Crippen molar-refractivity contribution in [3.8, 4) is 0 Å². The van der Waals surface area contributed by atoms with Crippen molar-refractivity contribution in [1.82, 2.24) is 9.80 Å². The molecule has 0 bridgehead atoms. The molecule has 0 saturated carbocycles. The van der Waals surface area contributed by atoms with Crippen LogP contribution in [0, 0.1) is 5.92 Å². The Bertz CT molecular complexity index is 660. The Labute approximate surface area is 170 Å². The van der Waals surface area contributed by atoms with Gasteiger partial charge >= 0.3 is 6.09 Å². The van der Waals surface area contributed by atoms with Gasteiger partial charge in [-0.2, -0.15) is 0 Å². The van der Waals surface area contributed by atoms with Gasteiger partial charge in [0.1, 0.15) is 5.60 Å². The molecule has 2 amide bonds. The molecule has 1 saturated heterocycles. The maximum absolute atomic E-state index is 12.8. The van der Waals surface area contributed by atoms with Crippen molar-refractivity contribution in [2.45, 2.75) is 52.2 Å². The number of rotatable bonds is 6. The first-order valence-corrected chi connectivity index (χ1v) is 10.5. The average Bonchev–Trinajstić information content (AvgIpc) is 2.98. The summed E-state index contributed by atoms with van der Waals surface area (Å²) in [6, 6.07) is 3.81. The lowest BCUT2D eigenvalue weighted by Crippen LogP contribution is -2.42. The van der Waals surface area contributed by atoms with Crippen molar-refractivity contribution in [3.05, 3.63) is 34.0 Å². The Morgan fingerprint density at radius 3 is 2.56 bits per heavy atom. The molecule has 0 spiro atoms. The van der Waals surface area contributed by atoms with Crippen LogP contribution in [-0.2, 0) is 16.1 Å². The van der Waals surface area contributed by atoms with E-state index in [0.29, 0.717) is 32.6 Å². The number of ether oxygens (including phenoxy) is 1. The maximum Gasteiger partial charge on any atom is 0.410 e. The van der Waals surface area contributed by atoms with Crippen molar-refractivity contribution in [1.29, 1.82) is 0 Å². The van der Waals surface area contributed by atoms with E-state index < -0.39 is 5.60 Å². The fourth-order valence-electron chi connectivity index (χ4n) is 3.06. The number of likely N-dealkylation sites (tertiary alicyclic amines) is 1. The van der Waals surface area contributed by atoms with Gasteiger partial charge in [-0.15, -0.1) is 17.9 Å². The molecule has 5 nitrogen and oxygen atoms in total. The molecule has 1 aromatic heterocycles. The summed E-state index contributed by atoms with van der Waals surface area (Å²) in [4.78, 5) is 29.5. The van der Waals surface area contributed by atoms with Gasteiger partial charge in [0, 0.05) is 30.9 Å². The predicted octanol–water partition coefficient (Wildman–Crippen LogP) is 4.95. The Morgan fingerprint density at radius 1 is 1.37 bits per heavy atom. The highest BCUT2D eigenvalue weighted by molar-refractivity contribution is 7.16. The number of nitrogens with zero attached hydrogens (tertiary/aromatic N) is 2. The van der Waals surface area contributed by atoms with Crippen LogP contribution in [0.3, 0.4) is 0 Å². The van der Waals surface area contributed by atoms with E-state index in [1.807, 2.05) is 37.8 Å². The Balaban J connectivity index is 1.84. The molecular weight excluding hydrogens is 384 g/mol. The lowest BCUT2D eigenvalue weighted by molar-refractivity contribution is -0.132. The summed E-state index contributed by atoms with van der Waals surface area (Å²) in [5.41, 5.74) is -0.486. The molecule has 2 heterocycles. The third-order valence-electron chi connectivity index (χ3n) is 4.41. The van der Waals surface area contributed by atoms with Crippen LogP contribution in [0.4, 0.5) is 4.79 Å². The SMILES string of the molecule is C=CCN(Cc1ccc(Cl)s1)C(=O)CC1CCN(C(=O)OC(C)(C)C)CC1. The van der Waals surface area contributed by atoms with Crippen LogP contribution < -0.4 is 0 Å². The summed E-state index contributed by atoms with van der Waals surface area (Å²) in [6.07, 6.45) is 3.61.